The van der Waals surface area contributed by atoms with E-state index in [-0.39, 0.29) is 0 Å². The van der Waals surface area contributed by atoms with Crippen molar-refractivity contribution in [3.8, 4) is 0 Å². The molecule has 0 bridgehead atoms. The van der Waals surface area contributed by atoms with Crippen molar-refractivity contribution in [2.45, 2.75) is 19.4 Å². The molecule has 3 aromatic rings. The normalized spacial score (nSPS) is 16.1. The summed E-state index contributed by atoms with van der Waals surface area (Å²) in [7, 11) is -0.678. The van der Waals surface area contributed by atoms with Crippen LogP contribution in [0.3, 0.4) is 0 Å². The largest absolute Gasteiger partial charge is 0.361 e. The lowest BCUT2D eigenvalue weighted by molar-refractivity contribution is 0.326. The molecule has 166 valence electrons. The molecular formula is C24H32N4O2S. The molecule has 1 aliphatic heterocycles. The summed E-state index contributed by atoms with van der Waals surface area (Å²) in [6.45, 7) is 5.31. The first-order valence-electron chi connectivity index (χ1n) is 10.7. The molecule has 0 unspecified atom stereocenters. The molecule has 31 heavy (non-hydrogen) atoms. The molecule has 1 aromatic heterocycles. The fourth-order valence-electron chi connectivity index (χ4n) is 4.16. The Balaban J connectivity index is 0.00000132. The number of hydrogen-bond acceptors (Lipinski definition) is 5. The zero-order chi connectivity index (χ0) is 22.1. The van der Waals surface area contributed by atoms with Crippen LogP contribution < -0.4 is 11.1 Å². The summed E-state index contributed by atoms with van der Waals surface area (Å²) in [6, 6.07) is 16.3. The molecule has 0 saturated carbocycles. The summed E-state index contributed by atoms with van der Waals surface area (Å²) in [5, 5.41) is 5.96. The fourth-order valence-corrected chi connectivity index (χ4v) is 4.53. The van der Waals surface area contributed by atoms with Crippen LogP contribution in [0.1, 0.15) is 23.1 Å². The van der Waals surface area contributed by atoms with Crippen LogP contribution in [-0.4, -0.2) is 56.9 Å². The van der Waals surface area contributed by atoms with Crippen molar-refractivity contribution in [3.05, 3.63) is 71.4 Å². The van der Waals surface area contributed by atoms with Crippen LogP contribution in [-0.2, 0) is 23.3 Å². The molecule has 0 aliphatic carbocycles. The van der Waals surface area contributed by atoms with Gasteiger partial charge in [-0.3, -0.25) is 0 Å². The van der Waals surface area contributed by atoms with Gasteiger partial charge in [0.05, 0.1) is 5.37 Å². The molecule has 0 radical (unpaired) electrons. The van der Waals surface area contributed by atoms with Gasteiger partial charge in [-0.1, -0.05) is 36.4 Å². The number of H-pyrrole nitrogens is 1. The number of aromatic nitrogens is 1. The Kier molecular flexibility index (Phi) is 8.85. The van der Waals surface area contributed by atoms with Crippen LogP contribution >= 0.6 is 0 Å². The highest BCUT2D eigenvalue weighted by molar-refractivity contribution is 7.71. The third-order valence-corrected chi connectivity index (χ3v) is 6.16. The van der Waals surface area contributed by atoms with Crippen LogP contribution in [0.4, 0.5) is 0 Å². The Morgan fingerprint density at radius 2 is 2.00 bits per heavy atom. The van der Waals surface area contributed by atoms with Crippen LogP contribution in [0, 0.1) is 5.92 Å². The van der Waals surface area contributed by atoms with Crippen molar-refractivity contribution in [1.29, 1.82) is 0 Å². The smallest absolute Gasteiger partial charge is 0.214 e. The first-order chi connectivity index (χ1) is 15.2. The quantitative estimate of drug-likeness (QED) is 0.468. The van der Waals surface area contributed by atoms with Gasteiger partial charge >= 0.3 is 0 Å². The second-order valence-electron chi connectivity index (χ2n) is 7.82. The van der Waals surface area contributed by atoms with Crippen LogP contribution in [0.15, 0.2) is 54.7 Å². The summed E-state index contributed by atoms with van der Waals surface area (Å²) >= 11 is 0. The maximum Gasteiger partial charge on any atom is 0.214 e. The molecule has 7 heteroatoms. The predicted molar refractivity (Wildman–Crippen MR) is 129 cm³/mol. The fraction of sp³-hybridized carbons (Fsp3) is 0.375. The van der Waals surface area contributed by atoms with E-state index in [0.717, 1.165) is 55.6 Å². The van der Waals surface area contributed by atoms with Gasteiger partial charge in [-0.05, 0) is 67.7 Å². The lowest BCUT2D eigenvalue weighted by atomic mass is 10.1. The predicted octanol–water partition coefficient (Wildman–Crippen LogP) is 2.43. The van der Waals surface area contributed by atoms with Gasteiger partial charge in [0.25, 0.3) is 0 Å². The second kappa shape index (κ2) is 11.8. The van der Waals surface area contributed by atoms with Crippen LogP contribution in [0.25, 0.3) is 10.9 Å². The van der Waals surface area contributed by atoms with Gasteiger partial charge < -0.3 is 20.9 Å². The van der Waals surface area contributed by atoms with E-state index in [1.54, 1.807) is 0 Å². The minimum atomic E-state index is -2.18. The van der Waals surface area contributed by atoms with Crippen molar-refractivity contribution in [2.24, 2.45) is 11.7 Å². The Bertz CT molecular complexity index is 1090. The molecule has 0 amide bonds. The van der Waals surface area contributed by atoms with Gasteiger partial charge in [-0.2, -0.15) is 8.42 Å². The summed E-state index contributed by atoms with van der Waals surface area (Å²) < 4.78 is 21.9. The van der Waals surface area contributed by atoms with Crippen molar-refractivity contribution >= 4 is 26.6 Å². The number of likely N-dealkylation sites (tertiary alicyclic amines) is 1. The first kappa shape index (κ1) is 23.2. The van der Waals surface area contributed by atoms with Gasteiger partial charge in [-0.25, -0.2) is 0 Å². The molecule has 4 N–H and O–H groups in total. The van der Waals surface area contributed by atoms with E-state index >= 15 is 0 Å². The molecule has 1 atom stereocenters. The SMILES string of the molecule is CN.O=S(=O)=Cc1ccc2[nH]cc(CCN3CC[C@@H](CNCc4ccccc4)C3)c2c1. The van der Waals surface area contributed by atoms with E-state index in [2.05, 4.69) is 57.5 Å². The summed E-state index contributed by atoms with van der Waals surface area (Å²) in [4.78, 5) is 5.84. The molecule has 6 nitrogen and oxygen atoms in total. The summed E-state index contributed by atoms with van der Waals surface area (Å²) in [5.41, 5.74) is 8.85. The van der Waals surface area contributed by atoms with Gasteiger partial charge in [0.1, 0.15) is 0 Å². The lowest BCUT2D eigenvalue weighted by Gasteiger charge is -2.16. The number of aromatic amines is 1. The van der Waals surface area contributed by atoms with Crippen molar-refractivity contribution in [1.82, 2.24) is 15.2 Å². The molecule has 2 heterocycles. The molecule has 1 aliphatic rings. The van der Waals surface area contributed by atoms with E-state index in [1.165, 1.54) is 30.0 Å². The van der Waals surface area contributed by atoms with Crippen LogP contribution in [0.5, 0.6) is 0 Å². The van der Waals surface area contributed by atoms with Gasteiger partial charge in [0.2, 0.25) is 10.3 Å². The number of nitrogens with one attached hydrogen (secondary N) is 2. The third-order valence-electron chi connectivity index (χ3n) is 5.70. The van der Waals surface area contributed by atoms with E-state index in [4.69, 9.17) is 0 Å². The number of nitrogens with two attached hydrogens (primary N) is 1. The zero-order valence-electron chi connectivity index (χ0n) is 18.0. The highest BCUT2D eigenvalue weighted by atomic mass is 32.2. The zero-order valence-corrected chi connectivity index (χ0v) is 18.9. The molecule has 4 rings (SSSR count). The van der Waals surface area contributed by atoms with Crippen molar-refractivity contribution in [2.75, 3.05) is 33.2 Å². The van der Waals surface area contributed by atoms with Crippen molar-refractivity contribution in [3.63, 3.8) is 0 Å². The standard InChI is InChI=1S/C23H27N3O2S.CH5N/c27-29(28)17-19-6-7-23-22(12-19)21(15-25-23)9-11-26-10-8-20(16-26)14-24-13-18-4-2-1-3-5-18;1-2/h1-7,12,15,17,20,24-25H,8-11,13-14,16H2;2H2,1H3/t20-;/m0./s1. The van der Waals surface area contributed by atoms with E-state index in [0.29, 0.717) is 5.92 Å². The number of benzene rings is 2. The van der Waals surface area contributed by atoms with E-state index in [1.807, 2.05) is 18.2 Å². The topological polar surface area (TPSA) is 91.2 Å². The lowest BCUT2D eigenvalue weighted by Crippen LogP contribution is -2.27. The minimum absolute atomic E-state index is 0.704. The molecule has 1 fully saturated rings. The number of fused-ring (bicyclic) bond motifs is 1. The summed E-state index contributed by atoms with van der Waals surface area (Å²) in [6.07, 6.45) is 4.26. The highest BCUT2D eigenvalue weighted by Crippen LogP contribution is 2.22. The Morgan fingerprint density at radius 3 is 2.77 bits per heavy atom. The minimum Gasteiger partial charge on any atom is -0.361 e. The Hall–Kier alpha value is -2.45. The first-order valence-corrected chi connectivity index (χ1v) is 11.9. The third kappa shape index (κ3) is 6.77. The van der Waals surface area contributed by atoms with E-state index < -0.39 is 10.3 Å². The van der Waals surface area contributed by atoms with Crippen molar-refractivity contribution < 1.29 is 8.42 Å². The summed E-state index contributed by atoms with van der Waals surface area (Å²) in [5.74, 6) is 0.704. The number of nitrogens with zero attached hydrogens (tertiary/aromatic N) is 1. The van der Waals surface area contributed by atoms with Crippen LogP contribution in [0.2, 0.25) is 0 Å². The maximum atomic E-state index is 10.9. The highest BCUT2D eigenvalue weighted by Gasteiger charge is 2.22. The Morgan fingerprint density at radius 1 is 1.19 bits per heavy atom. The Labute approximate surface area is 186 Å². The monoisotopic (exact) mass is 440 g/mol. The molecule has 2 aromatic carbocycles. The molecule has 0 spiro atoms. The van der Waals surface area contributed by atoms with Gasteiger partial charge in [-0.15, -0.1) is 0 Å². The van der Waals surface area contributed by atoms with Gasteiger partial charge in [0, 0.05) is 36.7 Å². The second-order valence-corrected chi connectivity index (χ2v) is 8.58. The molecule has 1 saturated heterocycles. The van der Waals surface area contributed by atoms with Gasteiger partial charge in [0.15, 0.2) is 0 Å². The van der Waals surface area contributed by atoms with E-state index in [9.17, 15) is 8.42 Å². The number of rotatable bonds is 8. The molecular weight excluding hydrogens is 408 g/mol. The number of hydrogen-bond donors (Lipinski definition) is 3. The average molecular weight is 441 g/mol. The average Bonchev–Trinajstić information content (AvgIpc) is 3.40. The maximum absolute atomic E-state index is 10.9.